The Morgan fingerprint density at radius 3 is 2.89 bits per heavy atom. The molecule has 1 N–H and O–H groups in total. The van der Waals surface area contributed by atoms with Crippen LogP contribution in [0.3, 0.4) is 0 Å². The molecule has 2 rings (SSSR count). The minimum absolute atomic E-state index is 0.232. The van der Waals surface area contributed by atoms with Gasteiger partial charge in [-0.3, -0.25) is 9.48 Å². The number of ether oxygens (including phenoxy) is 1. The number of hydrogen-bond donors (Lipinski definition) is 1. The van der Waals surface area contributed by atoms with Gasteiger partial charge in [-0.2, -0.15) is 10.2 Å². The van der Waals surface area contributed by atoms with E-state index in [4.69, 9.17) is 9.84 Å². The fraction of sp³-hybridized carbons (Fsp3) is 0.455. The van der Waals surface area contributed by atoms with Crippen LogP contribution in [0.25, 0.3) is 11.4 Å². The van der Waals surface area contributed by atoms with E-state index in [0.29, 0.717) is 24.7 Å². The number of hydrogen-bond acceptors (Lipinski definition) is 5. The Morgan fingerprint density at radius 1 is 1.53 bits per heavy atom. The first-order chi connectivity index (χ1) is 9.10. The third-order valence-electron chi connectivity index (χ3n) is 2.49. The number of carboxylic acids is 1. The highest BCUT2D eigenvalue weighted by molar-refractivity contribution is 5.67. The summed E-state index contributed by atoms with van der Waals surface area (Å²) in [5.74, 6) is 0.0943. The molecule has 0 radical (unpaired) electrons. The lowest BCUT2D eigenvalue weighted by Crippen LogP contribution is -2.11. The molecule has 0 aliphatic heterocycles. The summed E-state index contributed by atoms with van der Waals surface area (Å²) >= 11 is 0. The van der Waals surface area contributed by atoms with E-state index in [1.54, 1.807) is 31.2 Å². The predicted octanol–water partition coefficient (Wildman–Crippen LogP) is -0.0479. The molecule has 19 heavy (non-hydrogen) atoms. The lowest BCUT2D eigenvalue weighted by atomic mass is 10.3. The molecule has 2 aromatic rings. The monoisotopic (exact) mass is 265 g/mol. The Balaban J connectivity index is 2.33. The first-order valence-electron chi connectivity index (χ1n) is 5.73. The number of nitrogens with zero attached hydrogens (tertiary/aromatic N) is 5. The van der Waals surface area contributed by atoms with Crippen LogP contribution in [0.4, 0.5) is 0 Å². The molecule has 2 heterocycles. The van der Waals surface area contributed by atoms with Gasteiger partial charge in [0.2, 0.25) is 0 Å². The Morgan fingerprint density at radius 2 is 2.32 bits per heavy atom. The van der Waals surface area contributed by atoms with Gasteiger partial charge in [0.15, 0.2) is 11.6 Å². The van der Waals surface area contributed by atoms with Crippen molar-refractivity contribution in [3.8, 4) is 11.4 Å². The third-order valence-corrected chi connectivity index (χ3v) is 2.49. The second-order valence-corrected chi connectivity index (χ2v) is 4.05. The number of aromatic nitrogens is 5. The molecule has 0 unspecified atom stereocenters. The van der Waals surface area contributed by atoms with Crippen LogP contribution in [0, 0.1) is 0 Å². The van der Waals surface area contributed by atoms with Crippen molar-refractivity contribution in [1.82, 2.24) is 24.5 Å². The Bertz CT molecular complexity index is 575. The number of carboxylic acid groups (broad SMARTS) is 1. The largest absolute Gasteiger partial charge is 0.480 e. The van der Waals surface area contributed by atoms with Crippen molar-refractivity contribution in [2.24, 2.45) is 7.05 Å². The lowest BCUT2D eigenvalue weighted by molar-refractivity contribution is -0.137. The van der Waals surface area contributed by atoms with Gasteiger partial charge in [0, 0.05) is 26.8 Å². The molecule has 8 nitrogen and oxygen atoms in total. The van der Waals surface area contributed by atoms with Crippen molar-refractivity contribution in [3.63, 3.8) is 0 Å². The first kappa shape index (κ1) is 13.2. The van der Waals surface area contributed by atoms with Crippen LogP contribution < -0.4 is 0 Å². The van der Waals surface area contributed by atoms with E-state index in [9.17, 15) is 4.79 Å². The SMILES string of the molecule is COCCc1nc(-c2cnn(C)c2)n(CC(=O)O)n1. The first-order valence-corrected chi connectivity index (χ1v) is 5.73. The topological polar surface area (TPSA) is 95.1 Å². The zero-order valence-electron chi connectivity index (χ0n) is 10.8. The van der Waals surface area contributed by atoms with Gasteiger partial charge in [-0.05, 0) is 0 Å². The van der Waals surface area contributed by atoms with Gasteiger partial charge in [-0.15, -0.1) is 0 Å². The van der Waals surface area contributed by atoms with Crippen LogP contribution >= 0.6 is 0 Å². The standard InChI is InChI=1S/C11H15N5O3/c1-15-6-8(5-12-15)11-13-9(3-4-19-2)14-16(11)7-10(17)18/h5-6H,3-4,7H2,1-2H3,(H,17,18). The van der Waals surface area contributed by atoms with Gasteiger partial charge >= 0.3 is 5.97 Å². The van der Waals surface area contributed by atoms with Crippen molar-refractivity contribution >= 4 is 5.97 Å². The number of rotatable bonds is 6. The van der Waals surface area contributed by atoms with Gasteiger partial charge in [-0.1, -0.05) is 0 Å². The highest BCUT2D eigenvalue weighted by atomic mass is 16.5. The molecule has 0 amide bonds. The van der Waals surface area contributed by atoms with Gasteiger partial charge in [-0.25, -0.2) is 9.67 Å². The fourth-order valence-electron chi connectivity index (χ4n) is 1.68. The summed E-state index contributed by atoms with van der Waals surface area (Å²) in [6.07, 6.45) is 3.93. The number of aliphatic carboxylic acids is 1. The van der Waals surface area contributed by atoms with Crippen LogP contribution in [0.5, 0.6) is 0 Å². The van der Waals surface area contributed by atoms with Gasteiger partial charge < -0.3 is 9.84 Å². The lowest BCUT2D eigenvalue weighted by Gasteiger charge is -1.99. The summed E-state index contributed by atoms with van der Waals surface area (Å²) in [4.78, 5) is 15.2. The molecule has 0 atom stereocenters. The predicted molar refractivity (Wildman–Crippen MR) is 65.4 cm³/mol. The van der Waals surface area contributed by atoms with Crippen molar-refractivity contribution in [2.45, 2.75) is 13.0 Å². The molecule has 0 spiro atoms. The molecule has 8 heteroatoms. The van der Waals surface area contributed by atoms with Crippen LogP contribution in [-0.4, -0.2) is 49.3 Å². The highest BCUT2D eigenvalue weighted by Crippen LogP contribution is 2.16. The Labute approximate surface area is 109 Å². The molecular weight excluding hydrogens is 250 g/mol. The van der Waals surface area contributed by atoms with Crippen molar-refractivity contribution in [1.29, 1.82) is 0 Å². The number of aryl methyl sites for hydroxylation is 1. The highest BCUT2D eigenvalue weighted by Gasteiger charge is 2.15. The molecule has 0 saturated heterocycles. The summed E-state index contributed by atoms with van der Waals surface area (Å²) in [6, 6.07) is 0. The van der Waals surface area contributed by atoms with Crippen LogP contribution in [0.15, 0.2) is 12.4 Å². The minimum atomic E-state index is -0.965. The second-order valence-electron chi connectivity index (χ2n) is 4.05. The Kier molecular flexibility index (Phi) is 3.91. The molecule has 2 aromatic heterocycles. The molecule has 0 aliphatic rings. The quantitative estimate of drug-likeness (QED) is 0.787. The zero-order valence-corrected chi connectivity index (χ0v) is 10.8. The average molecular weight is 265 g/mol. The van der Waals surface area contributed by atoms with E-state index in [2.05, 4.69) is 15.2 Å². The summed E-state index contributed by atoms with van der Waals surface area (Å²) < 4.78 is 7.96. The Hall–Kier alpha value is -2.22. The van der Waals surface area contributed by atoms with Gasteiger partial charge in [0.25, 0.3) is 0 Å². The van der Waals surface area contributed by atoms with E-state index in [1.807, 2.05) is 0 Å². The molecular formula is C11H15N5O3. The molecule has 0 fully saturated rings. The van der Waals surface area contributed by atoms with E-state index < -0.39 is 5.97 Å². The fourth-order valence-corrected chi connectivity index (χ4v) is 1.68. The maximum atomic E-state index is 10.8. The molecule has 102 valence electrons. The summed E-state index contributed by atoms with van der Waals surface area (Å²) in [5, 5.41) is 17.1. The summed E-state index contributed by atoms with van der Waals surface area (Å²) in [5.41, 5.74) is 0.736. The molecule has 0 aliphatic carbocycles. The third kappa shape index (κ3) is 3.16. The molecule has 0 bridgehead atoms. The maximum absolute atomic E-state index is 10.8. The normalized spacial score (nSPS) is 10.8. The van der Waals surface area contributed by atoms with Gasteiger partial charge in [0.05, 0.1) is 18.4 Å². The smallest absolute Gasteiger partial charge is 0.325 e. The van der Waals surface area contributed by atoms with E-state index in [-0.39, 0.29) is 6.54 Å². The number of carbonyl (C=O) groups is 1. The van der Waals surface area contributed by atoms with E-state index in [0.717, 1.165) is 5.56 Å². The maximum Gasteiger partial charge on any atom is 0.325 e. The number of methoxy groups -OCH3 is 1. The van der Waals surface area contributed by atoms with Crippen LogP contribution in [0.2, 0.25) is 0 Å². The van der Waals surface area contributed by atoms with Crippen molar-refractivity contribution in [3.05, 3.63) is 18.2 Å². The van der Waals surface area contributed by atoms with Gasteiger partial charge in [0.1, 0.15) is 6.54 Å². The summed E-state index contributed by atoms with van der Waals surface area (Å²) in [6.45, 7) is 0.258. The van der Waals surface area contributed by atoms with Crippen molar-refractivity contribution < 1.29 is 14.6 Å². The van der Waals surface area contributed by atoms with E-state index >= 15 is 0 Å². The second kappa shape index (κ2) is 5.61. The summed E-state index contributed by atoms with van der Waals surface area (Å²) in [7, 11) is 3.38. The molecule has 0 aromatic carbocycles. The van der Waals surface area contributed by atoms with Crippen LogP contribution in [0.1, 0.15) is 5.82 Å². The van der Waals surface area contributed by atoms with E-state index in [1.165, 1.54) is 4.68 Å². The van der Waals surface area contributed by atoms with Crippen LogP contribution in [-0.2, 0) is 29.5 Å². The van der Waals surface area contributed by atoms with Crippen molar-refractivity contribution in [2.75, 3.05) is 13.7 Å². The zero-order chi connectivity index (χ0) is 13.8. The molecule has 0 saturated carbocycles. The minimum Gasteiger partial charge on any atom is -0.480 e. The average Bonchev–Trinajstić information content (AvgIpc) is 2.92.